The Hall–Kier alpha value is -2.61. The van der Waals surface area contributed by atoms with E-state index in [4.69, 9.17) is 0 Å². The van der Waals surface area contributed by atoms with Gasteiger partial charge in [0.05, 0.1) is 11.8 Å². The number of carbonyl (C=O) groups excluding carboxylic acids is 1. The Morgan fingerprint density at radius 3 is 2.61 bits per heavy atom. The molecule has 1 heterocycles. The summed E-state index contributed by atoms with van der Waals surface area (Å²) in [6.07, 6.45) is 4.51. The van der Waals surface area contributed by atoms with Crippen molar-refractivity contribution in [2.75, 3.05) is 0 Å². The van der Waals surface area contributed by atoms with Crippen LogP contribution in [0.25, 0.3) is 11.3 Å². The van der Waals surface area contributed by atoms with Gasteiger partial charge in [-0.3, -0.25) is 9.89 Å². The molecule has 118 valence electrons. The van der Waals surface area contributed by atoms with Crippen molar-refractivity contribution in [1.29, 1.82) is 5.26 Å². The molecule has 0 unspecified atom stereocenters. The van der Waals surface area contributed by atoms with Crippen LogP contribution in [-0.2, 0) is 0 Å². The summed E-state index contributed by atoms with van der Waals surface area (Å²) in [5.41, 5.74) is 2.52. The minimum Gasteiger partial charge on any atom is -0.332 e. The highest BCUT2D eigenvalue weighted by Gasteiger charge is 2.34. The largest absolute Gasteiger partial charge is 0.332 e. The van der Waals surface area contributed by atoms with E-state index in [0.29, 0.717) is 18.5 Å². The predicted molar refractivity (Wildman–Crippen MR) is 87.7 cm³/mol. The maximum Gasteiger partial charge on any atom is 0.270 e. The van der Waals surface area contributed by atoms with Crippen LogP contribution in [0.5, 0.6) is 0 Å². The number of aryl methyl sites for hydroxylation is 1. The van der Waals surface area contributed by atoms with Crippen LogP contribution in [0.4, 0.5) is 0 Å². The van der Waals surface area contributed by atoms with Crippen molar-refractivity contribution in [3.63, 3.8) is 0 Å². The summed E-state index contributed by atoms with van der Waals surface area (Å²) in [6, 6.07) is 12.0. The Kier molecular flexibility index (Phi) is 4.16. The van der Waals surface area contributed by atoms with Gasteiger partial charge in [0.2, 0.25) is 0 Å². The van der Waals surface area contributed by atoms with E-state index in [1.54, 1.807) is 6.07 Å². The SMILES string of the molecule is Cc1ccc(-c2cc(C(=O)NC3(C#N)CCCCC3)[nH]n2)cc1. The number of aromatic nitrogens is 2. The molecule has 1 aliphatic carbocycles. The minimum absolute atomic E-state index is 0.265. The Labute approximate surface area is 135 Å². The van der Waals surface area contributed by atoms with Crippen LogP contribution in [0.15, 0.2) is 30.3 Å². The van der Waals surface area contributed by atoms with Crippen molar-refractivity contribution in [2.24, 2.45) is 0 Å². The number of nitrogens with zero attached hydrogens (tertiary/aromatic N) is 2. The van der Waals surface area contributed by atoms with Gasteiger partial charge in [-0.05, 0) is 25.8 Å². The molecule has 0 atom stereocenters. The molecule has 1 aliphatic rings. The van der Waals surface area contributed by atoms with Gasteiger partial charge in [-0.15, -0.1) is 0 Å². The van der Waals surface area contributed by atoms with E-state index in [1.807, 2.05) is 31.2 Å². The van der Waals surface area contributed by atoms with Gasteiger partial charge in [-0.2, -0.15) is 10.4 Å². The normalized spacial score (nSPS) is 16.5. The van der Waals surface area contributed by atoms with E-state index in [0.717, 1.165) is 30.5 Å². The smallest absolute Gasteiger partial charge is 0.270 e. The zero-order valence-electron chi connectivity index (χ0n) is 13.2. The highest BCUT2D eigenvalue weighted by molar-refractivity contribution is 5.94. The third-order valence-electron chi connectivity index (χ3n) is 4.44. The van der Waals surface area contributed by atoms with Crippen molar-refractivity contribution in [2.45, 2.75) is 44.6 Å². The first-order valence-electron chi connectivity index (χ1n) is 7.98. The monoisotopic (exact) mass is 308 g/mol. The summed E-state index contributed by atoms with van der Waals surface area (Å²) < 4.78 is 0. The van der Waals surface area contributed by atoms with Gasteiger partial charge >= 0.3 is 0 Å². The van der Waals surface area contributed by atoms with E-state index in [9.17, 15) is 10.1 Å². The third-order valence-corrected chi connectivity index (χ3v) is 4.44. The van der Waals surface area contributed by atoms with Crippen molar-refractivity contribution in [3.8, 4) is 17.3 Å². The van der Waals surface area contributed by atoms with Crippen LogP contribution in [0.1, 0.15) is 48.2 Å². The lowest BCUT2D eigenvalue weighted by atomic mass is 9.83. The summed E-state index contributed by atoms with van der Waals surface area (Å²) in [7, 11) is 0. The molecule has 23 heavy (non-hydrogen) atoms. The number of H-pyrrole nitrogens is 1. The molecule has 5 nitrogen and oxygen atoms in total. The number of nitrogens with one attached hydrogen (secondary N) is 2. The molecule has 1 amide bonds. The van der Waals surface area contributed by atoms with Crippen LogP contribution in [0.2, 0.25) is 0 Å². The number of aromatic amines is 1. The molecule has 0 saturated heterocycles. The number of rotatable bonds is 3. The average Bonchev–Trinajstić information content (AvgIpc) is 3.06. The highest BCUT2D eigenvalue weighted by Crippen LogP contribution is 2.28. The van der Waals surface area contributed by atoms with E-state index in [-0.39, 0.29) is 5.91 Å². The Morgan fingerprint density at radius 2 is 1.96 bits per heavy atom. The second-order valence-corrected chi connectivity index (χ2v) is 6.24. The number of benzene rings is 1. The average molecular weight is 308 g/mol. The van der Waals surface area contributed by atoms with E-state index in [2.05, 4.69) is 21.6 Å². The molecule has 0 bridgehead atoms. The second-order valence-electron chi connectivity index (χ2n) is 6.24. The van der Waals surface area contributed by atoms with E-state index in [1.165, 1.54) is 5.56 Å². The van der Waals surface area contributed by atoms with Crippen LogP contribution >= 0.6 is 0 Å². The molecule has 1 saturated carbocycles. The van der Waals surface area contributed by atoms with Gasteiger partial charge in [0, 0.05) is 5.56 Å². The van der Waals surface area contributed by atoms with Gasteiger partial charge < -0.3 is 5.32 Å². The molecule has 1 aromatic carbocycles. The number of hydrogen-bond acceptors (Lipinski definition) is 3. The third kappa shape index (κ3) is 3.26. The van der Waals surface area contributed by atoms with Crippen molar-refractivity contribution in [1.82, 2.24) is 15.5 Å². The summed E-state index contributed by atoms with van der Waals surface area (Å²) in [5, 5.41) is 19.3. The number of nitriles is 1. The summed E-state index contributed by atoms with van der Waals surface area (Å²) in [5.74, 6) is -0.265. The number of carbonyl (C=O) groups is 1. The Balaban J connectivity index is 1.76. The van der Waals surface area contributed by atoms with Crippen molar-refractivity contribution >= 4 is 5.91 Å². The number of amides is 1. The van der Waals surface area contributed by atoms with Crippen LogP contribution in [0, 0.1) is 18.3 Å². The van der Waals surface area contributed by atoms with Gasteiger partial charge in [0.15, 0.2) is 0 Å². The topological polar surface area (TPSA) is 81.6 Å². The van der Waals surface area contributed by atoms with Crippen molar-refractivity contribution < 1.29 is 4.79 Å². The molecule has 2 N–H and O–H groups in total. The first-order chi connectivity index (χ1) is 11.1. The molecule has 3 rings (SSSR count). The molecule has 1 aromatic heterocycles. The summed E-state index contributed by atoms with van der Waals surface area (Å²) in [4.78, 5) is 12.4. The molecule has 2 aromatic rings. The lowest BCUT2D eigenvalue weighted by molar-refractivity contribution is 0.0897. The second kappa shape index (κ2) is 6.25. The number of hydrogen-bond donors (Lipinski definition) is 2. The Morgan fingerprint density at radius 1 is 1.26 bits per heavy atom. The molecule has 0 aliphatic heterocycles. The highest BCUT2D eigenvalue weighted by atomic mass is 16.2. The first kappa shape index (κ1) is 15.3. The standard InChI is InChI=1S/C18H20N4O/c1-13-5-7-14(8-6-13)15-11-16(22-21-15)17(23)20-18(12-19)9-3-2-4-10-18/h5-8,11H,2-4,9-10H2,1H3,(H,20,23)(H,21,22). The van der Waals surface area contributed by atoms with Crippen LogP contribution in [-0.4, -0.2) is 21.6 Å². The van der Waals surface area contributed by atoms with E-state index < -0.39 is 5.54 Å². The fraction of sp³-hybridized carbons (Fsp3) is 0.389. The zero-order valence-corrected chi connectivity index (χ0v) is 13.2. The summed E-state index contributed by atoms with van der Waals surface area (Å²) in [6.45, 7) is 2.03. The van der Waals surface area contributed by atoms with Crippen molar-refractivity contribution in [3.05, 3.63) is 41.6 Å². The lowest BCUT2D eigenvalue weighted by Gasteiger charge is -2.31. The van der Waals surface area contributed by atoms with Gasteiger partial charge in [0.25, 0.3) is 5.91 Å². The predicted octanol–water partition coefficient (Wildman–Crippen LogP) is 3.34. The van der Waals surface area contributed by atoms with Crippen LogP contribution in [0.3, 0.4) is 0 Å². The lowest BCUT2D eigenvalue weighted by Crippen LogP contribution is -2.48. The zero-order chi connectivity index (χ0) is 16.3. The molecule has 1 fully saturated rings. The first-order valence-corrected chi connectivity index (χ1v) is 7.98. The van der Waals surface area contributed by atoms with Crippen LogP contribution < -0.4 is 5.32 Å². The molecular formula is C18H20N4O. The van der Waals surface area contributed by atoms with Gasteiger partial charge in [0.1, 0.15) is 11.2 Å². The van der Waals surface area contributed by atoms with Gasteiger partial charge in [-0.1, -0.05) is 49.1 Å². The summed E-state index contributed by atoms with van der Waals surface area (Å²) >= 11 is 0. The minimum atomic E-state index is -0.732. The maximum absolute atomic E-state index is 12.4. The molecule has 0 radical (unpaired) electrons. The fourth-order valence-corrected chi connectivity index (χ4v) is 3.01. The molecular weight excluding hydrogens is 288 g/mol. The fourth-order valence-electron chi connectivity index (χ4n) is 3.01. The van der Waals surface area contributed by atoms with E-state index >= 15 is 0 Å². The Bertz CT molecular complexity index is 733. The molecule has 5 heteroatoms. The maximum atomic E-state index is 12.4. The van der Waals surface area contributed by atoms with Gasteiger partial charge in [-0.25, -0.2) is 0 Å². The quantitative estimate of drug-likeness (QED) is 0.912. The molecule has 0 spiro atoms.